The molecule has 0 atom stereocenters. The van der Waals surface area contributed by atoms with Crippen LogP contribution in [-0.2, 0) is 32.0 Å². The zero-order valence-corrected chi connectivity index (χ0v) is 20.5. The van der Waals surface area contributed by atoms with Crippen molar-refractivity contribution in [3.63, 3.8) is 0 Å². The highest BCUT2D eigenvalue weighted by Crippen LogP contribution is 2.34. The van der Waals surface area contributed by atoms with Gasteiger partial charge in [0.2, 0.25) is 0 Å². The first-order valence-electron chi connectivity index (χ1n) is 11.9. The Morgan fingerprint density at radius 1 is 1.16 bits per heavy atom. The summed E-state index contributed by atoms with van der Waals surface area (Å²) < 4.78 is 45.1. The molecular weight excluding hydrogens is 489 g/mol. The maximum absolute atomic E-state index is 14.2. The molecular formula is C24H27F3N8O2. The van der Waals surface area contributed by atoms with Gasteiger partial charge in [-0.25, -0.2) is 22.9 Å². The van der Waals surface area contributed by atoms with E-state index >= 15 is 0 Å². The molecule has 37 heavy (non-hydrogen) atoms. The minimum absolute atomic E-state index is 0.0779. The van der Waals surface area contributed by atoms with Crippen molar-refractivity contribution in [3.05, 3.63) is 80.3 Å². The molecule has 0 aliphatic carbocycles. The summed E-state index contributed by atoms with van der Waals surface area (Å²) in [6.07, 6.45) is 1.51. The summed E-state index contributed by atoms with van der Waals surface area (Å²) in [6.45, 7) is 7.77. The third-order valence-corrected chi connectivity index (χ3v) is 5.85. The largest absolute Gasteiger partial charge is 0.336 e. The highest BCUT2D eigenvalue weighted by Gasteiger charge is 2.33. The smallest absolute Gasteiger partial charge is 0.332 e. The summed E-state index contributed by atoms with van der Waals surface area (Å²) >= 11 is 0. The molecule has 4 aromatic rings. The molecule has 196 valence electrons. The number of alkyl halides is 2. The second-order valence-corrected chi connectivity index (χ2v) is 8.76. The standard InChI is InChI=1S/C24H27F3N8O2/c1-4-9-24(26,27)17-13-16(7-8-18(17)25)14-19-30-32-35(31-19)12-6-11-34-22(36)20-21(29-15(3)28-20)33(10-5-2)23(34)37/h4,7-8,13H,1,5-6,9-12,14H2,2-3H3,(H,28,29). The molecule has 0 amide bonds. The average Bonchev–Trinajstić information content (AvgIpc) is 3.46. The molecule has 0 aliphatic rings. The van der Waals surface area contributed by atoms with E-state index < -0.39 is 35.0 Å². The molecule has 0 unspecified atom stereocenters. The van der Waals surface area contributed by atoms with Crippen molar-refractivity contribution in [2.45, 2.75) is 65.1 Å². The molecule has 0 radical (unpaired) electrons. The van der Waals surface area contributed by atoms with E-state index in [0.29, 0.717) is 36.4 Å². The van der Waals surface area contributed by atoms with E-state index in [-0.39, 0.29) is 30.9 Å². The summed E-state index contributed by atoms with van der Waals surface area (Å²) in [5.41, 5.74) is -0.547. The molecule has 1 N–H and O–H groups in total. The molecule has 3 aromatic heterocycles. The number of H-pyrrole nitrogens is 1. The van der Waals surface area contributed by atoms with Crippen LogP contribution in [0.4, 0.5) is 13.2 Å². The predicted octanol–water partition coefficient (Wildman–Crippen LogP) is 3.08. The van der Waals surface area contributed by atoms with E-state index in [4.69, 9.17) is 0 Å². The van der Waals surface area contributed by atoms with E-state index in [1.165, 1.54) is 15.4 Å². The van der Waals surface area contributed by atoms with Crippen molar-refractivity contribution in [1.82, 2.24) is 39.3 Å². The van der Waals surface area contributed by atoms with Crippen molar-refractivity contribution >= 4 is 11.2 Å². The molecule has 0 aliphatic heterocycles. The van der Waals surface area contributed by atoms with Gasteiger partial charge in [0.15, 0.2) is 11.5 Å². The Balaban J connectivity index is 1.46. The number of benzene rings is 1. The van der Waals surface area contributed by atoms with Crippen LogP contribution in [-0.4, -0.2) is 39.3 Å². The van der Waals surface area contributed by atoms with Crippen LogP contribution in [0.2, 0.25) is 0 Å². The van der Waals surface area contributed by atoms with E-state index in [0.717, 1.165) is 22.8 Å². The number of imidazole rings is 1. The molecule has 3 heterocycles. The van der Waals surface area contributed by atoms with Gasteiger partial charge in [-0.05, 0) is 42.7 Å². The third-order valence-electron chi connectivity index (χ3n) is 5.85. The SMILES string of the molecule is C=CCC(F)(F)c1cc(Cc2nnn(CCCn3c(=O)c4[nH]c(C)nc4n(CCC)c3=O)n2)ccc1F. The predicted molar refractivity (Wildman–Crippen MR) is 130 cm³/mol. The summed E-state index contributed by atoms with van der Waals surface area (Å²) in [5.74, 6) is -3.56. The number of aryl methyl sites for hydroxylation is 3. The normalized spacial score (nSPS) is 11.9. The lowest BCUT2D eigenvalue weighted by Crippen LogP contribution is -2.40. The quantitative estimate of drug-likeness (QED) is 0.306. The molecule has 1 aromatic carbocycles. The number of aromatic amines is 1. The number of nitrogens with zero attached hydrogens (tertiary/aromatic N) is 7. The highest BCUT2D eigenvalue weighted by molar-refractivity contribution is 5.69. The van der Waals surface area contributed by atoms with E-state index in [9.17, 15) is 22.8 Å². The Morgan fingerprint density at radius 3 is 2.68 bits per heavy atom. The monoisotopic (exact) mass is 516 g/mol. The number of tetrazole rings is 1. The van der Waals surface area contributed by atoms with Crippen molar-refractivity contribution in [1.29, 1.82) is 0 Å². The van der Waals surface area contributed by atoms with E-state index in [2.05, 4.69) is 32.0 Å². The summed E-state index contributed by atoms with van der Waals surface area (Å²) in [7, 11) is 0. The second kappa shape index (κ2) is 10.5. The van der Waals surface area contributed by atoms with Crippen LogP contribution >= 0.6 is 0 Å². The lowest BCUT2D eigenvalue weighted by atomic mass is 10.0. The molecule has 4 rings (SSSR count). The van der Waals surface area contributed by atoms with Gasteiger partial charge in [0, 0.05) is 25.9 Å². The molecule has 0 spiro atoms. The summed E-state index contributed by atoms with van der Waals surface area (Å²) in [6, 6.07) is 3.48. The molecule has 0 bridgehead atoms. The number of rotatable bonds is 11. The molecule has 0 saturated carbocycles. The Morgan fingerprint density at radius 2 is 1.95 bits per heavy atom. The van der Waals surface area contributed by atoms with Crippen LogP contribution in [0, 0.1) is 12.7 Å². The number of halogens is 3. The van der Waals surface area contributed by atoms with Gasteiger partial charge in [0.25, 0.3) is 11.5 Å². The summed E-state index contributed by atoms with van der Waals surface area (Å²) in [5, 5.41) is 12.1. The fraction of sp³-hybridized carbons (Fsp3) is 0.417. The maximum Gasteiger partial charge on any atom is 0.332 e. The average molecular weight is 517 g/mol. The van der Waals surface area contributed by atoms with Gasteiger partial charge in [-0.2, -0.15) is 4.80 Å². The lowest BCUT2D eigenvalue weighted by molar-refractivity contribution is -0.00444. The van der Waals surface area contributed by atoms with Crippen LogP contribution < -0.4 is 11.2 Å². The third kappa shape index (κ3) is 5.39. The fourth-order valence-corrected chi connectivity index (χ4v) is 4.15. The van der Waals surface area contributed by atoms with Crippen molar-refractivity contribution < 1.29 is 13.2 Å². The van der Waals surface area contributed by atoms with Crippen LogP contribution in [0.5, 0.6) is 0 Å². The first-order valence-corrected chi connectivity index (χ1v) is 11.9. The maximum atomic E-state index is 14.2. The molecule has 0 saturated heterocycles. The fourth-order valence-electron chi connectivity index (χ4n) is 4.15. The first kappa shape index (κ1) is 26.0. The first-order chi connectivity index (χ1) is 17.6. The van der Waals surface area contributed by atoms with Gasteiger partial charge in [-0.15, -0.1) is 16.8 Å². The van der Waals surface area contributed by atoms with Gasteiger partial charge in [-0.1, -0.05) is 19.1 Å². The lowest BCUT2D eigenvalue weighted by Gasteiger charge is -2.16. The number of hydrogen-bond acceptors (Lipinski definition) is 6. The highest BCUT2D eigenvalue weighted by atomic mass is 19.3. The zero-order valence-electron chi connectivity index (χ0n) is 20.5. The Hall–Kier alpha value is -4.03. The van der Waals surface area contributed by atoms with Crippen LogP contribution in [0.1, 0.15) is 49.0 Å². The number of allylic oxidation sites excluding steroid dienone is 1. The molecule has 13 heteroatoms. The Kier molecular flexibility index (Phi) is 7.41. The van der Waals surface area contributed by atoms with Crippen molar-refractivity contribution in [3.8, 4) is 0 Å². The Bertz CT molecular complexity index is 1550. The Labute approximate surface area is 209 Å². The van der Waals surface area contributed by atoms with Crippen LogP contribution in [0.25, 0.3) is 11.2 Å². The molecule has 10 nitrogen and oxygen atoms in total. The van der Waals surface area contributed by atoms with Gasteiger partial charge in [0.1, 0.15) is 17.2 Å². The number of hydrogen-bond donors (Lipinski definition) is 1. The van der Waals surface area contributed by atoms with Gasteiger partial charge >= 0.3 is 5.69 Å². The zero-order chi connectivity index (χ0) is 26.7. The van der Waals surface area contributed by atoms with Gasteiger partial charge in [0.05, 0.1) is 12.1 Å². The minimum atomic E-state index is -3.38. The van der Waals surface area contributed by atoms with E-state index in [1.807, 2.05) is 6.92 Å². The topological polar surface area (TPSA) is 116 Å². The minimum Gasteiger partial charge on any atom is -0.336 e. The molecule has 0 fully saturated rings. The van der Waals surface area contributed by atoms with Gasteiger partial charge < -0.3 is 4.98 Å². The number of aromatic nitrogens is 8. The van der Waals surface area contributed by atoms with Crippen LogP contribution in [0.15, 0.2) is 40.4 Å². The number of fused-ring (bicyclic) bond motifs is 1. The van der Waals surface area contributed by atoms with Crippen molar-refractivity contribution in [2.24, 2.45) is 0 Å². The van der Waals surface area contributed by atoms with Crippen LogP contribution in [0.3, 0.4) is 0 Å². The van der Waals surface area contributed by atoms with Gasteiger partial charge in [-0.3, -0.25) is 13.9 Å². The van der Waals surface area contributed by atoms with E-state index in [1.54, 1.807) is 6.92 Å². The van der Waals surface area contributed by atoms with Crippen molar-refractivity contribution in [2.75, 3.05) is 0 Å². The summed E-state index contributed by atoms with van der Waals surface area (Å²) in [4.78, 5) is 34.4. The number of nitrogens with one attached hydrogen (secondary N) is 1. The second-order valence-electron chi connectivity index (χ2n) is 8.76.